The number of nitrogens with zero attached hydrogens (tertiary/aromatic N) is 3. The smallest absolute Gasteiger partial charge is 0.407 e. The third-order valence-electron chi connectivity index (χ3n) is 6.81. The van der Waals surface area contributed by atoms with E-state index >= 15 is 0 Å². The number of H-pyrrole nitrogens is 1. The Morgan fingerprint density at radius 1 is 1.02 bits per heavy atom. The maximum absolute atomic E-state index is 13.4. The van der Waals surface area contributed by atoms with Crippen LogP contribution in [0.4, 0.5) is 16.2 Å². The Morgan fingerprint density at radius 2 is 1.76 bits per heavy atom. The zero-order chi connectivity index (χ0) is 32.3. The van der Waals surface area contributed by atoms with Crippen molar-refractivity contribution in [3.63, 3.8) is 0 Å². The Bertz CT molecular complexity index is 1930. The molecule has 45 heavy (non-hydrogen) atoms. The zero-order valence-corrected chi connectivity index (χ0v) is 25.6. The maximum atomic E-state index is 13.4. The van der Waals surface area contributed by atoms with E-state index in [1.807, 2.05) is 19.1 Å². The van der Waals surface area contributed by atoms with Crippen LogP contribution in [0.1, 0.15) is 64.0 Å². The molecule has 0 saturated carbocycles. The van der Waals surface area contributed by atoms with E-state index in [9.17, 15) is 19.5 Å². The second-order valence-corrected chi connectivity index (χ2v) is 11.6. The van der Waals surface area contributed by atoms with Crippen molar-refractivity contribution < 1.29 is 24.2 Å². The second kappa shape index (κ2) is 12.5. The number of hydrogen-bond donors (Lipinski definition) is 4. The van der Waals surface area contributed by atoms with Gasteiger partial charge in [0, 0.05) is 47.5 Å². The van der Waals surface area contributed by atoms with Gasteiger partial charge in [0.1, 0.15) is 11.3 Å². The Labute approximate surface area is 260 Å². The van der Waals surface area contributed by atoms with E-state index < -0.39 is 11.7 Å². The number of ketones is 1. The van der Waals surface area contributed by atoms with E-state index in [1.165, 1.54) is 4.68 Å². The Kier molecular flexibility index (Phi) is 8.53. The Balaban J connectivity index is 1.27. The van der Waals surface area contributed by atoms with Gasteiger partial charge in [0.15, 0.2) is 11.7 Å². The number of rotatable bonds is 8. The minimum atomic E-state index is -0.569. The van der Waals surface area contributed by atoms with Crippen molar-refractivity contribution in [2.24, 2.45) is 12.0 Å². The first kappa shape index (κ1) is 30.7. The molecule has 0 saturated heterocycles. The quantitative estimate of drug-likeness (QED) is 0.122. The van der Waals surface area contributed by atoms with Gasteiger partial charge in [0.2, 0.25) is 0 Å². The van der Waals surface area contributed by atoms with Gasteiger partial charge < -0.3 is 25.5 Å². The lowest BCUT2D eigenvalue weighted by atomic mass is 10.0. The van der Waals surface area contributed by atoms with Gasteiger partial charge in [-0.25, -0.2) is 4.79 Å². The average molecular weight is 607 g/mol. The number of carbonyl (C=O) groups excluding carboxylic acids is 3. The molecule has 0 bridgehead atoms. The first-order valence-corrected chi connectivity index (χ1v) is 14.3. The van der Waals surface area contributed by atoms with Crippen LogP contribution in [0.2, 0.25) is 0 Å². The molecule has 2 aromatic heterocycles. The number of amides is 2. The van der Waals surface area contributed by atoms with Gasteiger partial charge in [-0.15, -0.1) is 0 Å². The SMILES string of the molecule is Cc1cc(C(=O)Nc2cccc(C(=O)c3ccc4c(C=Nc5ccc(CNC(=O)OC(C)(C)C)cc5)c(O)[nH]c4c3)c2)n(C)n1. The number of aromatic nitrogens is 3. The number of hydrogen-bond acceptors (Lipinski definition) is 7. The standard InChI is InChI=1S/C34H34N6O5/c1-20-15-29(40(5)39-20)32(43)37-25-8-6-7-22(16-25)30(41)23-11-14-26-27(31(42)38-28(26)17-23)19-35-24-12-9-21(10-13-24)18-36-33(44)45-34(2,3)4/h6-17,19,38,42H,18H2,1-5H3,(H,36,44)(H,37,43). The van der Waals surface area contributed by atoms with E-state index in [1.54, 1.807) is 94.7 Å². The van der Waals surface area contributed by atoms with Crippen LogP contribution in [0.5, 0.6) is 5.88 Å². The van der Waals surface area contributed by atoms with Crippen molar-refractivity contribution in [2.45, 2.75) is 39.8 Å². The molecule has 0 fully saturated rings. The summed E-state index contributed by atoms with van der Waals surface area (Å²) >= 11 is 0. The summed E-state index contributed by atoms with van der Waals surface area (Å²) in [6, 6.07) is 20.8. The summed E-state index contributed by atoms with van der Waals surface area (Å²) in [4.78, 5) is 45.4. The van der Waals surface area contributed by atoms with E-state index in [-0.39, 0.29) is 17.6 Å². The summed E-state index contributed by atoms with van der Waals surface area (Å²) in [5.74, 6) is -0.645. The molecule has 0 atom stereocenters. The first-order valence-electron chi connectivity index (χ1n) is 14.3. The van der Waals surface area contributed by atoms with Crippen molar-refractivity contribution in [3.8, 4) is 5.88 Å². The minimum absolute atomic E-state index is 0.0772. The molecule has 3 aromatic carbocycles. The highest BCUT2D eigenvalue weighted by Gasteiger charge is 2.17. The average Bonchev–Trinajstić information content (AvgIpc) is 3.50. The summed E-state index contributed by atoms with van der Waals surface area (Å²) in [5, 5.41) is 21.0. The predicted octanol–water partition coefficient (Wildman–Crippen LogP) is 6.17. The molecule has 0 aliphatic carbocycles. The van der Waals surface area contributed by atoms with Crippen LogP contribution in [0.25, 0.3) is 10.9 Å². The number of aliphatic imine (C=N–C) groups is 1. The molecule has 0 aliphatic heterocycles. The van der Waals surface area contributed by atoms with Gasteiger partial charge in [0.05, 0.1) is 16.9 Å². The van der Waals surface area contributed by atoms with Crippen LogP contribution in [0.3, 0.4) is 0 Å². The fraction of sp³-hybridized carbons (Fsp3) is 0.206. The van der Waals surface area contributed by atoms with Gasteiger partial charge in [-0.2, -0.15) is 5.10 Å². The number of aromatic amines is 1. The number of benzene rings is 3. The summed E-state index contributed by atoms with van der Waals surface area (Å²) in [5.41, 5.74) is 4.44. The molecule has 11 nitrogen and oxygen atoms in total. The van der Waals surface area contributed by atoms with Crippen molar-refractivity contribution in [3.05, 3.63) is 106 Å². The number of alkyl carbamates (subject to hydrolysis) is 1. The lowest BCUT2D eigenvalue weighted by molar-refractivity contribution is 0.0523. The third kappa shape index (κ3) is 7.45. The lowest BCUT2D eigenvalue weighted by Gasteiger charge is -2.19. The van der Waals surface area contributed by atoms with Crippen LogP contribution >= 0.6 is 0 Å². The summed E-state index contributed by atoms with van der Waals surface area (Å²) < 4.78 is 6.76. The first-order chi connectivity index (χ1) is 21.4. The Morgan fingerprint density at radius 3 is 2.44 bits per heavy atom. The van der Waals surface area contributed by atoms with Crippen LogP contribution in [-0.4, -0.2) is 49.5 Å². The van der Waals surface area contributed by atoms with Crippen molar-refractivity contribution in [2.75, 3.05) is 5.32 Å². The summed E-state index contributed by atoms with van der Waals surface area (Å²) in [6.07, 6.45) is 1.07. The van der Waals surface area contributed by atoms with Gasteiger partial charge in [-0.1, -0.05) is 36.4 Å². The molecule has 0 unspecified atom stereocenters. The molecule has 0 radical (unpaired) electrons. The monoisotopic (exact) mass is 606 g/mol. The van der Waals surface area contributed by atoms with Crippen LogP contribution in [0, 0.1) is 6.92 Å². The molecule has 11 heteroatoms. The predicted molar refractivity (Wildman–Crippen MR) is 173 cm³/mol. The van der Waals surface area contributed by atoms with Crippen molar-refractivity contribution in [1.82, 2.24) is 20.1 Å². The van der Waals surface area contributed by atoms with Crippen LogP contribution in [-0.2, 0) is 18.3 Å². The highest BCUT2D eigenvalue weighted by Crippen LogP contribution is 2.28. The summed E-state index contributed by atoms with van der Waals surface area (Å²) in [7, 11) is 1.70. The van der Waals surface area contributed by atoms with Gasteiger partial charge in [-0.3, -0.25) is 19.3 Å². The Hall–Kier alpha value is -5.71. The third-order valence-corrected chi connectivity index (χ3v) is 6.81. The second-order valence-electron chi connectivity index (χ2n) is 11.6. The normalized spacial score (nSPS) is 11.6. The fourth-order valence-electron chi connectivity index (χ4n) is 4.73. The molecule has 5 aromatic rings. The number of nitrogens with one attached hydrogen (secondary N) is 3. The molecule has 2 heterocycles. The van der Waals surface area contributed by atoms with E-state index in [0.717, 1.165) is 11.3 Å². The van der Waals surface area contributed by atoms with Crippen LogP contribution < -0.4 is 10.6 Å². The molecule has 0 aliphatic rings. The molecule has 5 rings (SSSR count). The molecular formula is C34H34N6O5. The molecule has 0 spiro atoms. The number of fused-ring (bicyclic) bond motifs is 1. The number of ether oxygens (including phenoxy) is 1. The largest absolute Gasteiger partial charge is 0.494 e. The number of aromatic hydroxyl groups is 1. The number of carbonyl (C=O) groups is 3. The van der Waals surface area contributed by atoms with E-state index in [0.29, 0.717) is 51.2 Å². The lowest BCUT2D eigenvalue weighted by Crippen LogP contribution is -2.32. The van der Waals surface area contributed by atoms with Crippen molar-refractivity contribution >= 4 is 46.3 Å². The zero-order valence-electron chi connectivity index (χ0n) is 25.6. The number of aryl methyl sites for hydroxylation is 2. The van der Waals surface area contributed by atoms with Gasteiger partial charge in [-0.05, 0) is 69.7 Å². The number of anilines is 1. The van der Waals surface area contributed by atoms with E-state index in [4.69, 9.17) is 4.74 Å². The maximum Gasteiger partial charge on any atom is 0.407 e. The molecule has 2 amide bonds. The van der Waals surface area contributed by atoms with Crippen LogP contribution in [0.15, 0.2) is 77.8 Å². The topological polar surface area (TPSA) is 151 Å². The highest BCUT2D eigenvalue weighted by molar-refractivity contribution is 6.13. The van der Waals surface area contributed by atoms with Gasteiger partial charge in [0.25, 0.3) is 5.91 Å². The minimum Gasteiger partial charge on any atom is -0.494 e. The highest BCUT2D eigenvalue weighted by atomic mass is 16.6. The van der Waals surface area contributed by atoms with E-state index in [2.05, 4.69) is 25.7 Å². The molecular weight excluding hydrogens is 572 g/mol. The van der Waals surface area contributed by atoms with Crippen molar-refractivity contribution in [1.29, 1.82) is 0 Å². The summed E-state index contributed by atoms with van der Waals surface area (Å²) in [6.45, 7) is 7.53. The molecule has 230 valence electrons. The molecule has 4 N–H and O–H groups in total. The van der Waals surface area contributed by atoms with Gasteiger partial charge >= 0.3 is 6.09 Å². The fourth-order valence-corrected chi connectivity index (χ4v) is 4.73.